The molecule has 1 aliphatic rings. The molecule has 12 heteroatoms. The lowest BCUT2D eigenvalue weighted by molar-refractivity contribution is -0.138. The first-order valence-corrected chi connectivity index (χ1v) is 11.3. The monoisotopic (exact) mass is 516 g/mol. The summed E-state index contributed by atoms with van der Waals surface area (Å²) in [6, 6.07) is 9.97. The fourth-order valence-electron chi connectivity index (χ4n) is 4.08. The Morgan fingerprint density at radius 1 is 1.05 bits per heavy atom. The SMILES string of the molecule is CCOC(=O)c1cn(-c2ccc(N3CNC(=O)C3)cc2)c(=O)n(Cc2cccc(C(F)(F)F)c2C)c1=O. The van der Waals surface area contributed by atoms with Gasteiger partial charge < -0.3 is 15.0 Å². The topological polar surface area (TPSA) is 103 Å². The molecule has 0 atom stereocenters. The van der Waals surface area contributed by atoms with E-state index in [0.717, 1.165) is 16.8 Å². The van der Waals surface area contributed by atoms with Crippen LogP contribution in [-0.2, 0) is 22.3 Å². The van der Waals surface area contributed by atoms with Gasteiger partial charge in [0.15, 0.2) is 0 Å². The van der Waals surface area contributed by atoms with E-state index in [9.17, 15) is 32.3 Å². The number of anilines is 1. The van der Waals surface area contributed by atoms with Gasteiger partial charge in [0.25, 0.3) is 5.56 Å². The highest BCUT2D eigenvalue weighted by atomic mass is 19.4. The van der Waals surface area contributed by atoms with Crippen LogP contribution in [0.2, 0.25) is 0 Å². The van der Waals surface area contributed by atoms with Crippen molar-refractivity contribution in [2.75, 3.05) is 24.7 Å². The van der Waals surface area contributed by atoms with E-state index in [1.165, 1.54) is 19.1 Å². The summed E-state index contributed by atoms with van der Waals surface area (Å²) >= 11 is 0. The number of nitrogens with one attached hydrogen (secondary N) is 1. The molecule has 2 aromatic carbocycles. The van der Waals surface area contributed by atoms with E-state index in [1.54, 1.807) is 36.1 Å². The highest BCUT2D eigenvalue weighted by molar-refractivity contribution is 5.88. The number of carbonyl (C=O) groups is 2. The third kappa shape index (κ3) is 5.13. The first kappa shape index (κ1) is 25.7. The average Bonchev–Trinajstić information content (AvgIpc) is 3.28. The van der Waals surface area contributed by atoms with Crippen LogP contribution in [0, 0.1) is 6.92 Å². The van der Waals surface area contributed by atoms with Gasteiger partial charge in [-0.15, -0.1) is 0 Å². The molecule has 2 heterocycles. The first-order chi connectivity index (χ1) is 17.5. The quantitative estimate of drug-likeness (QED) is 0.505. The van der Waals surface area contributed by atoms with Crippen LogP contribution in [-0.4, -0.2) is 40.8 Å². The molecule has 9 nitrogen and oxygen atoms in total. The largest absolute Gasteiger partial charge is 0.462 e. The Morgan fingerprint density at radius 2 is 1.73 bits per heavy atom. The van der Waals surface area contributed by atoms with Crippen LogP contribution in [0.15, 0.2) is 58.3 Å². The number of rotatable bonds is 6. The summed E-state index contributed by atoms with van der Waals surface area (Å²) < 4.78 is 47.0. The molecule has 0 spiro atoms. The average molecular weight is 516 g/mol. The normalized spacial score (nSPS) is 13.5. The Kier molecular flexibility index (Phi) is 6.92. The van der Waals surface area contributed by atoms with Crippen LogP contribution in [0.1, 0.15) is 34.0 Å². The minimum Gasteiger partial charge on any atom is -0.462 e. The van der Waals surface area contributed by atoms with Gasteiger partial charge >= 0.3 is 17.8 Å². The molecule has 4 rings (SSSR count). The van der Waals surface area contributed by atoms with Gasteiger partial charge in [-0.3, -0.25) is 18.7 Å². The van der Waals surface area contributed by atoms with Crippen molar-refractivity contribution in [1.82, 2.24) is 14.5 Å². The van der Waals surface area contributed by atoms with Gasteiger partial charge in [-0.2, -0.15) is 13.2 Å². The van der Waals surface area contributed by atoms with E-state index >= 15 is 0 Å². The van der Waals surface area contributed by atoms with E-state index in [4.69, 9.17) is 4.74 Å². The van der Waals surface area contributed by atoms with Crippen LogP contribution in [0.5, 0.6) is 0 Å². The second-order valence-corrected chi connectivity index (χ2v) is 8.37. The Morgan fingerprint density at radius 3 is 2.32 bits per heavy atom. The summed E-state index contributed by atoms with van der Waals surface area (Å²) in [4.78, 5) is 52.3. The number of esters is 1. The summed E-state index contributed by atoms with van der Waals surface area (Å²) in [5, 5.41) is 2.68. The second kappa shape index (κ2) is 9.96. The summed E-state index contributed by atoms with van der Waals surface area (Å²) in [5.41, 5.74) is -2.18. The number of ether oxygens (including phenoxy) is 1. The van der Waals surface area contributed by atoms with Crippen molar-refractivity contribution in [2.24, 2.45) is 0 Å². The molecule has 1 N–H and O–H groups in total. The number of benzene rings is 2. The van der Waals surface area contributed by atoms with Crippen LogP contribution in [0.4, 0.5) is 18.9 Å². The Labute approximate surface area is 208 Å². The van der Waals surface area contributed by atoms with E-state index in [0.29, 0.717) is 22.6 Å². The van der Waals surface area contributed by atoms with E-state index < -0.39 is 41.1 Å². The second-order valence-electron chi connectivity index (χ2n) is 8.37. The highest BCUT2D eigenvalue weighted by Gasteiger charge is 2.33. The molecular formula is C25H23F3N4O5. The third-order valence-electron chi connectivity index (χ3n) is 6.04. The Balaban J connectivity index is 1.82. The van der Waals surface area contributed by atoms with Gasteiger partial charge in [0.1, 0.15) is 5.56 Å². The molecule has 1 amide bonds. The molecule has 1 aliphatic heterocycles. The smallest absolute Gasteiger partial charge is 0.416 e. The van der Waals surface area contributed by atoms with Crippen molar-refractivity contribution < 1.29 is 27.5 Å². The van der Waals surface area contributed by atoms with E-state index in [-0.39, 0.29) is 30.2 Å². The number of aromatic nitrogens is 2. The maximum atomic E-state index is 13.4. The Hall–Kier alpha value is -4.35. The maximum absolute atomic E-state index is 13.4. The standard InChI is InChI=1S/C25H23F3N4O5/c1-3-37-23(35)19-12-31(18-9-7-17(8-10-18)30-13-21(33)29-14-30)24(36)32(22(19)34)11-16-5-4-6-20(15(16)2)25(26,27)28/h4-10,12H,3,11,13-14H2,1-2H3,(H,29,33). The lowest BCUT2D eigenvalue weighted by Crippen LogP contribution is -2.42. The predicted molar refractivity (Wildman–Crippen MR) is 128 cm³/mol. The number of nitrogens with zero attached hydrogens (tertiary/aromatic N) is 3. The zero-order valence-corrected chi connectivity index (χ0v) is 20.0. The molecule has 0 radical (unpaired) electrons. The molecule has 0 aliphatic carbocycles. The zero-order chi connectivity index (χ0) is 26.9. The summed E-state index contributed by atoms with van der Waals surface area (Å²) in [6.07, 6.45) is -3.55. The number of hydrogen-bond acceptors (Lipinski definition) is 6. The summed E-state index contributed by atoms with van der Waals surface area (Å²) in [6.45, 7) is 2.80. The number of hydrogen-bond donors (Lipinski definition) is 1. The van der Waals surface area contributed by atoms with Crippen molar-refractivity contribution in [3.05, 3.63) is 91.8 Å². The van der Waals surface area contributed by atoms with E-state index in [1.807, 2.05) is 0 Å². The third-order valence-corrected chi connectivity index (χ3v) is 6.04. The molecular weight excluding hydrogens is 493 g/mol. The van der Waals surface area contributed by atoms with Crippen molar-refractivity contribution >= 4 is 17.6 Å². The molecule has 3 aromatic rings. The minimum absolute atomic E-state index is 0.0264. The van der Waals surface area contributed by atoms with Gasteiger partial charge in [0.2, 0.25) is 5.91 Å². The lowest BCUT2D eigenvalue weighted by Gasteiger charge is -2.18. The highest BCUT2D eigenvalue weighted by Crippen LogP contribution is 2.33. The molecule has 0 unspecified atom stereocenters. The van der Waals surface area contributed by atoms with Crippen LogP contribution in [0.25, 0.3) is 5.69 Å². The molecule has 37 heavy (non-hydrogen) atoms. The number of halogens is 3. The number of alkyl halides is 3. The van der Waals surface area contributed by atoms with Crippen molar-refractivity contribution in [3.63, 3.8) is 0 Å². The molecule has 1 aromatic heterocycles. The lowest BCUT2D eigenvalue weighted by atomic mass is 10.0. The van der Waals surface area contributed by atoms with Gasteiger partial charge in [-0.25, -0.2) is 9.59 Å². The van der Waals surface area contributed by atoms with Crippen LogP contribution >= 0.6 is 0 Å². The molecule has 194 valence electrons. The van der Waals surface area contributed by atoms with Gasteiger partial charge in [0.05, 0.1) is 37.6 Å². The maximum Gasteiger partial charge on any atom is 0.416 e. The molecule has 1 fully saturated rings. The van der Waals surface area contributed by atoms with Gasteiger partial charge in [-0.1, -0.05) is 12.1 Å². The Bertz CT molecular complexity index is 1480. The zero-order valence-electron chi connectivity index (χ0n) is 20.0. The summed E-state index contributed by atoms with van der Waals surface area (Å²) in [7, 11) is 0. The number of carbonyl (C=O) groups excluding carboxylic acids is 2. The minimum atomic E-state index is -4.62. The fraction of sp³-hybridized carbons (Fsp3) is 0.280. The summed E-state index contributed by atoms with van der Waals surface area (Å²) in [5.74, 6) is -1.09. The fourth-order valence-corrected chi connectivity index (χ4v) is 4.08. The van der Waals surface area contributed by atoms with Crippen LogP contribution < -0.4 is 21.5 Å². The predicted octanol–water partition coefficient (Wildman–Crippen LogP) is 2.45. The molecule has 0 saturated carbocycles. The van der Waals surface area contributed by atoms with Gasteiger partial charge in [0, 0.05) is 11.9 Å². The van der Waals surface area contributed by atoms with E-state index in [2.05, 4.69) is 5.32 Å². The van der Waals surface area contributed by atoms with Crippen molar-refractivity contribution in [2.45, 2.75) is 26.6 Å². The van der Waals surface area contributed by atoms with Crippen LogP contribution in [0.3, 0.4) is 0 Å². The molecule has 1 saturated heterocycles. The van der Waals surface area contributed by atoms with Crippen molar-refractivity contribution in [1.29, 1.82) is 0 Å². The van der Waals surface area contributed by atoms with Crippen molar-refractivity contribution in [3.8, 4) is 5.69 Å². The first-order valence-electron chi connectivity index (χ1n) is 11.3. The number of amides is 1. The molecule has 0 bridgehead atoms. The van der Waals surface area contributed by atoms with Gasteiger partial charge in [-0.05, 0) is 55.3 Å².